The van der Waals surface area contributed by atoms with Crippen molar-refractivity contribution in [2.45, 2.75) is 38.1 Å². The average molecular weight is 365 g/mol. The number of halogens is 3. The first-order valence-corrected chi connectivity index (χ1v) is 8.05. The monoisotopic (exact) mass is 365 g/mol. The molecular weight excluding hydrogens is 347 g/mol. The number of H-pyrrole nitrogens is 1. The molecule has 26 heavy (non-hydrogen) atoms. The van der Waals surface area contributed by atoms with Crippen LogP contribution in [-0.2, 0) is 15.7 Å². The zero-order valence-corrected chi connectivity index (χ0v) is 14.6. The maximum Gasteiger partial charge on any atom is 0.434 e. The maximum absolute atomic E-state index is 13.5. The van der Waals surface area contributed by atoms with Crippen LogP contribution in [0.15, 0.2) is 12.1 Å². The SMILES string of the molecule is COC1(OC)CC=C(c2c(C#N)c(C(F)(F)F)nc3cc(C)[nH]c23)CC1. The number of pyridine rings is 1. The molecule has 1 aliphatic rings. The molecule has 3 rings (SSSR count). The molecule has 0 spiro atoms. The van der Waals surface area contributed by atoms with E-state index < -0.39 is 23.2 Å². The van der Waals surface area contributed by atoms with Gasteiger partial charge in [0, 0.05) is 38.3 Å². The van der Waals surface area contributed by atoms with Gasteiger partial charge in [-0.1, -0.05) is 6.08 Å². The predicted molar refractivity (Wildman–Crippen MR) is 89.1 cm³/mol. The van der Waals surface area contributed by atoms with Gasteiger partial charge in [0.25, 0.3) is 0 Å². The standard InChI is InChI=1S/C18H18F3N3O2/c1-10-8-13-15(23-10)14(12(9-22)16(24-13)18(19,20)21)11-4-6-17(25-2,26-3)7-5-11/h4,8,23H,5-7H2,1-3H3. The Morgan fingerprint density at radius 1 is 1.31 bits per heavy atom. The van der Waals surface area contributed by atoms with E-state index in [1.165, 1.54) is 14.2 Å². The predicted octanol–water partition coefficient (Wildman–Crippen LogP) is 4.32. The summed E-state index contributed by atoms with van der Waals surface area (Å²) in [6.07, 6.45) is -1.66. The Hall–Kier alpha value is -2.37. The maximum atomic E-state index is 13.5. The molecule has 1 aliphatic carbocycles. The van der Waals surface area contributed by atoms with Gasteiger partial charge in [0.05, 0.1) is 16.6 Å². The molecule has 2 aromatic heterocycles. The van der Waals surface area contributed by atoms with E-state index in [0.717, 1.165) is 0 Å². The van der Waals surface area contributed by atoms with Gasteiger partial charge >= 0.3 is 6.18 Å². The highest BCUT2D eigenvalue weighted by Gasteiger charge is 2.39. The number of methoxy groups -OCH3 is 2. The number of nitriles is 1. The zero-order chi connectivity index (χ0) is 19.1. The van der Waals surface area contributed by atoms with Crippen molar-refractivity contribution < 1.29 is 22.6 Å². The first-order chi connectivity index (χ1) is 12.2. The molecule has 8 heteroatoms. The summed E-state index contributed by atoms with van der Waals surface area (Å²) in [7, 11) is 3.06. The summed E-state index contributed by atoms with van der Waals surface area (Å²) >= 11 is 0. The van der Waals surface area contributed by atoms with Gasteiger partial charge in [-0.3, -0.25) is 0 Å². The van der Waals surface area contributed by atoms with Crippen LogP contribution in [0.5, 0.6) is 0 Å². The third-order valence-electron chi connectivity index (χ3n) is 4.78. The zero-order valence-electron chi connectivity index (χ0n) is 14.6. The van der Waals surface area contributed by atoms with Gasteiger partial charge in [0.1, 0.15) is 6.07 Å². The fourth-order valence-electron chi connectivity index (χ4n) is 3.40. The van der Waals surface area contributed by atoms with Gasteiger partial charge in [0.2, 0.25) is 0 Å². The van der Waals surface area contributed by atoms with Crippen LogP contribution >= 0.6 is 0 Å². The lowest BCUT2D eigenvalue weighted by Crippen LogP contribution is -2.35. The highest BCUT2D eigenvalue weighted by Crippen LogP contribution is 2.42. The fourth-order valence-corrected chi connectivity index (χ4v) is 3.40. The number of fused-ring (bicyclic) bond motifs is 1. The van der Waals surface area contributed by atoms with Gasteiger partial charge < -0.3 is 14.5 Å². The molecular formula is C18H18F3N3O2. The highest BCUT2D eigenvalue weighted by molar-refractivity contribution is 5.93. The third kappa shape index (κ3) is 2.97. The average Bonchev–Trinajstić information content (AvgIpc) is 2.99. The smallest absolute Gasteiger partial charge is 0.357 e. The second-order valence-electron chi connectivity index (χ2n) is 6.28. The third-order valence-corrected chi connectivity index (χ3v) is 4.78. The van der Waals surface area contributed by atoms with E-state index in [2.05, 4.69) is 9.97 Å². The summed E-state index contributed by atoms with van der Waals surface area (Å²) in [4.78, 5) is 6.74. The van der Waals surface area contributed by atoms with Crippen molar-refractivity contribution in [2.24, 2.45) is 0 Å². The van der Waals surface area contributed by atoms with E-state index in [0.29, 0.717) is 36.0 Å². The Bertz CT molecular complexity index is 918. The molecule has 5 nitrogen and oxygen atoms in total. The lowest BCUT2D eigenvalue weighted by molar-refractivity contribution is -0.208. The number of alkyl halides is 3. The summed E-state index contributed by atoms with van der Waals surface area (Å²) < 4.78 is 51.2. The molecule has 0 fully saturated rings. The molecule has 0 bridgehead atoms. The molecule has 138 valence electrons. The van der Waals surface area contributed by atoms with E-state index in [1.807, 2.05) is 0 Å². The first kappa shape index (κ1) is 18.4. The quantitative estimate of drug-likeness (QED) is 0.823. The lowest BCUT2D eigenvalue weighted by atomic mass is 9.87. The van der Waals surface area contributed by atoms with Crippen molar-refractivity contribution in [3.05, 3.63) is 34.7 Å². The summed E-state index contributed by atoms with van der Waals surface area (Å²) in [5.41, 5.74) is 0.625. The fraction of sp³-hybridized carbons (Fsp3) is 0.444. The Balaban J connectivity index is 2.25. The number of allylic oxidation sites excluding steroid dienone is 1. The number of aromatic nitrogens is 2. The topological polar surface area (TPSA) is 70.9 Å². The van der Waals surface area contributed by atoms with Crippen molar-refractivity contribution in [2.75, 3.05) is 14.2 Å². The molecule has 0 aromatic carbocycles. The molecule has 0 radical (unpaired) electrons. The van der Waals surface area contributed by atoms with Gasteiger partial charge in [-0.2, -0.15) is 18.4 Å². The van der Waals surface area contributed by atoms with E-state index in [9.17, 15) is 18.4 Å². The highest BCUT2D eigenvalue weighted by atomic mass is 19.4. The normalized spacial score (nSPS) is 17.2. The number of aromatic amines is 1. The van der Waals surface area contributed by atoms with Gasteiger partial charge in [-0.15, -0.1) is 0 Å². The first-order valence-electron chi connectivity index (χ1n) is 8.05. The van der Waals surface area contributed by atoms with Crippen molar-refractivity contribution in [3.8, 4) is 6.07 Å². The van der Waals surface area contributed by atoms with Crippen LogP contribution in [0.1, 0.15) is 41.8 Å². The Morgan fingerprint density at radius 2 is 2.00 bits per heavy atom. The molecule has 0 saturated heterocycles. The van der Waals surface area contributed by atoms with Gasteiger partial charge in [0.15, 0.2) is 11.5 Å². The van der Waals surface area contributed by atoms with Crippen molar-refractivity contribution in [1.29, 1.82) is 5.26 Å². The molecule has 0 amide bonds. The number of rotatable bonds is 3. The summed E-state index contributed by atoms with van der Waals surface area (Å²) in [6.45, 7) is 1.74. The van der Waals surface area contributed by atoms with E-state index >= 15 is 0 Å². The van der Waals surface area contributed by atoms with Crippen molar-refractivity contribution >= 4 is 16.6 Å². The van der Waals surface area contributed by atoms with Crippen LogP contribution < -0.4 is 0 Å². The minimum atomic E-state index is -4.71. The lowest BCUT2D eigenvalue weighted by Gasteiger charge is -2.34. The minimum Gasteiger partial charge on any atom is -0.357 e. The van der Waals surface area contributed by atoms with E-state index in [4.69, 9.17) is 9.47 Å². The van der Waals surface area contributed by atoms with E-state index in [1.54, 1.807) is 25.1 Å². The molecule has 0 atom stereocenters. The number of nitrogens with zero attached hydrogens (tertiary/aromatic N) is 2. The summed E-state index contributed by atoms with van der Waals surface area (Å²) in [5.74, 6) is -0.791. The van der Waals surface area contributed by atoms with Gasteiger partial charge in [-0.25, -0.2) is 4.98 Å². The van der Waals surface area contributed by atoms with Crippen molar-refractivity contribution in [3.63, 3.8) is 0 Å². The molecule has 0 aliphatic heterocycles. The number of aryl methyl sites for hydroxylation is 1. The second-order valence-corrected chi connectivity index (χ2v) is 6.28. The second kappa shape index (κ2) is 6.41. The Morgan fingerprint density at radius 3 is 2.50 bits per heavy atom. The Labute approximate surface area is 148 Å². The largest absolute Gasteiger partial charge is 0.434 e. The van der Waals surface area contributed by atoms with Crippen LogP contribution in [0, 0.1) is 18.3 Å². The number of ether oxygens (including phenoxy) is 2. The van der Waals surface area contributed by atoms with Crippen LogP contribution in [0.25, 0.3) is 16.6 Å². The number of hydrogen-bond acceptors (Lipinski definition) is 4. The number of hydrogen-bond donors (Lipinski definition) is 1. The summed E-state index contributed by atoms with van der Waals surface area (Å²) in [5, 5.41) is 9.47. The minimum absolute atomic E-state index is 0.194. The van der Waals surface area contributed by atoms with Crippen LogP contribution in [0.2, 0.25) is 0 Å². The van der Waals surface area contributed by atoms with E-state index in [-0.39, 0.29) is 11.1 Å². The molecule has 0 unspecified atom stereocenters. The Kier molecular flexibility index (Phi) is 4.54. The van der Waals surface area contributed by atoms with Crippen molar-refractivity contribution in [1.82, 2.24) is 9.97 Å². The molecule has 2 aromatic rings. The number of nitrogens with one attached hydrogen (secondary N) is 1. The molecule has 0 saturated carbocycles. The summed E-state index contributed by atoms with van der Waals surface area (Å²) in [6, 6.07) is 3.26. The van der Waals surface area contributed by atoms with Crippen LogP contribution in [0.3, 0.4) is 0 Å². The van der Waals surface area contributed by atoms with Crippen LogP contribution in [-0.4, -0.2) is 30.0 Å². The van der Waals surface area contributed by atoms with Crippen LogP contribution in [0.4, 0.5) is 13.2 Å². The molecule has 2 heterocycles. The molecule has 1 N–H and O–H groups in total. The van der Waals surface area contributed by atoms with Gasteiger partial charge in [-0.05, 0) is 25.0 Å².